The SMILES string of the molecule is CCNc1nc(NC2CCCCC2)c2cn[nH]c2n1. The lowest BCUT2D eigenvalue weighted by Crippen LogP contribution is -2.23. The zero-order valence-electron chi connectivity index (χ0n) is 11.2. The lowest BCUT2D eigenvalue weighted by atomic mass is 9.95. The van der Waals surface area contributed by atoms with Crippen molar-refractivity contribution in [2.24, 2.45) is 0 Å². The second-order valence-electron chi connectivity index (χ2n) is 5.04. The molecule has 2 aromatic heterocycles. The van der Waals surface area contributed by atoms with Gasteiger partial charge in [0, 0.05) is 12.6 Å². The predicted molar refractivity (Wildman–Crippen MR) is 76.3 cm³/mol. The van der Waals surface area contributed by atoms with Crippen LogP contribution < -0.4 is 10.6 Å². The molecule has 1 saturated carbocycles. The first-order chi connectivity index (χ1) is 9.36. The molecule has 19 heavy (non-hydrogen) atoms. The van der Waals surface area contributed by atoms with Gasteiger partial charge >= 0.3 is 0 Å². The number of anilines is 2. The third-order valence-electron chi connectivity index (χ3n) is 3.59. The van der Waals surface area contributed by atoms with Crippen molar-refractivity contribution >= 4 is 22.8 Å². The first-order valence-corrected chi connectivity index (χ1v) is 7.08. The standard InChI is InChI=1S/C13H20N6/c1-2-14-13-17-11(10-8-15-19-12(10)18-13)16-9-6-4-3-5-7-9/h8-9H,2-7H2,1H3,(H3,14,15,16,17,18,19). The second-order valence-corrected chi connectivity index (χ2v) is 5.04. The molecule has 0 bridgehead atoms. The minimum Gasteiger partial charge on any atom is -0.367 e. The van der Waals surface area contributed by atoms with E-state index in [9.17, 15) is 0 Å². The average molecular weight is 260 g/mol. The number of nitrogens with zero attached hydrogens (tertiary/aromatic N) is 3. The summed E-state index contributed by atoms with van der Waals surface area (Å²) in [6.45, 7) is 2.84. The topological polar surface area (TPSA) is 78.5 Å². The molecule has 0 amide bonds. The third-order valence-corrected chi connectivity index (χ3v) is 3.59. The Bertz CT molecular complexity index is 543. The van der Waals surface area contributed by atoms with Gasteiger partial charge in [-0.15, -0.1) is 0 Å². The van der Waals surface area contributed by atoms with E-state index in [0.717, 1.165) is 23.4 Å². The number of aromatic amines is 1. The van der Waals surface area contributed by atoms with Gasteiger partial charge in [-0.05, 0) is 19.8 Å². The summed E-state index contributed by atoms with van der Waals surface area (Å²) in [4.78, 5) is 8.96. The van der Waals surface area contributed by atoms with Crippen molar-refractivity contribution in [3.63, 3.8) is 0 Å². The van der Waals surface area contributed by atoms with Crippen LogP contribution in [0.25, 0.3) is 11.0 Å². The lowest BCUT2D eigenvalue weighted by Gasteiger charge is -2.23. The quantitative estimate of drug-likeness (QED) is 0.787. The van der Waals surface area contributed by atoms with Gasteiger partial charge in [-0.2, -0.15) is 15.1 Å². The number of H-pyrrole nitrogens is 1. The predicted octanol–water partition coefficient (Wildman–Crippen LogP) is 2.53. The maximum Gasteiger partial charge on any atom is 0.226 e. The van der Waals surface area contributed by atoms with Crippen molar-refractivity contribution in [2.75, 3.05) is 17.2 Å². The van der Waals surface area contributed by atoms with E-state index in [4.69, 9.17) is 0 Å². The summed E-state index contributed by atoms with van der Waals surface area (Å²) in [5.74, 6) is 1.54. The Morgan fingerprint density at radius 2 is 2.11 bits per heavy atom. The molecule has 2 heterocycles. The molecule has 1 aliphatic carbocycles. The highest BCUT2D eigenvalue weighted by molar-refractivity contribution is 5.87. The normalized spacial score (nSPS) is 16.7. The van der Waals surface area contributed by atoms with Gasteiger partial charge in [0.05, 0.1) is 11.6 Å². The van der Waals surface area contributed by atoms with Crippen LogP contribution in [0.2, 0.25) is 0 Å². The fourth-order valence-corrected chi connectivity index (χ4v) is 2.62. The molecular weight excluding hydrogens is 240 g/mol. The van der Waals surface area contributed by atoms with E-state index in [0.29, 0.717) is 12.0 Å². The van der Waals surface area contributed by atoms with Gasteiger partial charge in [0.1, 0.15) is 5.82 Å². The summed E-state index contributed by atoms with van der Waals surface area (Å²) in [7, 11) is 0. The highest BCUT2D eigenvalue weighted by Crippen LogP contribution is 2.25. The minimum atomic E-state index is 0.524. The molecule has 3 N–H and O–H groups in total. The monoisotopic (exact) mass is 260 g/mol. The number of hydrogen-bond acceptors (Lipinski definition) is 5. The van der Waals surface area contributed by atoms with Gasteiger partial charge in [-0.25, -0.2) is 0 Å². The molecule has 3 rings (SSSR count). The number of nitrogens with one attached hydrogen (secondary N) is 3. The van der Waals surface area contributed by atoms with Crippen LogP contribution in [-0.4, -0.2) is 32.8 Å². The maximum absolute atomic E-state index is 4.56. The van der Waals surface area contributed by atoms with Gasteiger partial charge < -0.3 is 10.6 Å². The van der Waals surface area contributed by atoms with Crippen LogP contribution in [0.1, 0.15) is 39.0 Å². The van der Waals surface area contributed by atoms with Crippen LogP contribution in [0, 0.1) is 0 Å². The Morgan fingerprint density at radius 3 is 2.89 bits per heavy atom. The van der Waals surface area contributed by atoms with E-state index in [2.05, 4.69) is 30.8 Å². The number of rotatable bonds is 4. The molecule has 6 nitrogen and oxygen atoms in total. The molecule has 0 radical (unpaired) electrons. The molecule has 6 heteroatoms. The first kappa shape index (κ1) is 12.2. The molecular formula is C13H20N6. The van der Waals surface area contributed by atoms with E-state index in [1.165, 1.54) is 32.1 Å². The van der Waals surface area contributed by atoms with E-state index in [1.54, 1.807) is 6.20 Å². The van der Waals surface area contributed by atoms with Crippen LogP contribution in [0.3, 0.4) is 0 Å². The Balaban J connectivity index is 1.88. The number of aromatic nitrogens is 4. The summed E-state index contributed by atoms with van der Waals surface area (Å²) >= 11 is 0. The van der Waals surface area contributed by atoms with Crippen LogP contribution in [0.15, 0.2) is 6.20 Å². The number of fused-ring (bicyclic) bond motifs is 1. The summed E-state index contributed by atoms with van der Waals surface area (Å²) in [6, 6.07) is 0.524. The lowest BCUT2D eigenvalue weighted by molar-refractivity contribution is 0.462. The molecule has 0 unspecified atom stereocenters. The van der Waals surface area contributed by atoms with Crippen LogP contribution >= 0.6 is 0 Å². The second kappa shape index (κ2) is 5.42. The zero-order chi connectivity index (χ0) is 13.1. The third kappa shape index (κ3) is 2.62. The molecule has 0 spiro atoms. The minimum absolute atomic E-state index is 0.524. The zero-order valence-corrected chi connectivity index (χ0v) is 11.2. The van der Waals surface area contributed by atoms with Crippen molar-refractivity contribution in [1.82, 2.24) is 20.2 Å². The van der Waals surface area contributed by atoms with Gasteiger partial charge in [-0.3, -0.25) is 5.10 Å². The molecule has 1 aliphatic rings. The molecule has 102 valence electrons. The number of hydrogen-bond donors (Lipinski definition) is 3. The highest BCUT2D eigenvalue weighted by Gasteiger charge is 2.16. The van der Waals surface area contributed by atoms with Crippen LogP contribution in [0.5, 0.6) is 0 Å². The molecule has 1 fully saturated rings. The summed E-state index contributed by atoms with van der Waals surface area (Å²) in [5, 5.41) is 14.7. The summed E-state index contributed by atoms with van der Waals surface area (Å²) in [6.07, 6.45) is 8.19. The van der Waals surface area contributed by atoms with Gasteiger partial charge in [-0.1, -0.05) is 19.3 Å². The summed E-state index contributed by atoms with van der Waals surface area (Å²) in [5.41, 5.74) is 0.782. The van der Waals surface area contributed by atoms with E-state index in [1.807, 2.05) is 6.92 Å². The Hall–Kier alpha value is -1.85. The van der Waals surface area contributed by atoms with Gasteiger partial charge in [0.2, 0.25) is 5.95 Å². The van der Waals surface area contributed by atoms with Crippen molar-refractivity contribution in [2.45, 2.75) is 45.1 Å². The molecule has 0 aromatic carbocycles. The maximum atomic E-state index is 4.56. The Labute approximate surface area is 112 Å². The molecule has 2 aromatic rings. The highest BCUT2D eigenvalue weighted by atomic mass is 15.2. The van der Waals surface area contributed by atoms with Crippen molar-refractivity contribution < 1.29 is 0 Å². The fourth-order valence-electron chi connectivity index (χ4n) is 2.62. The van der Waals surface area contributed by atoms with Gasteiger partial charge in [0.15, 0.2) is 5.65 Å². The van der Waals surface area contributed by atoms with Crippen molar-refractivity contribution in [1.29, 1.82) is 0 Å². The van der Waals surface area contributed by atoms with Crippen molar-refractivity contribution in [3.05, 3.63) is 6.20 Å². The Morgan fingerprint density at radius 1 is 1.26 bits per heavy atom. The van der Waals surface area contributed by atoms with Crippen molar-refractivity contribution in [3.8, 4) is 0 Å². The molecule has 0 aliphatic heterocycles. The van der Waals surface area contributed by atoms with Crippen LogP contribution in [0.4, 0.5) is 11.8 Å². The van der Waals surface area contributed by atoms with E-state index >= 15 is 0 Å². The smallest absolute Gasteiger partial charge is 0.226 e. The van der Waals surface area contributed by atoms with E-state index in [-0.39, 0.29) is 0 Å². The average Bonchev–Trinajstić information content (AvgIpc) is 2.89. The summed E-state index contributed by atoms with van der Waals surface area (Å²) < 4.78 is 0. The first-order valence-electron chi connectivity index (χ1n) is 7.08. The fraction of sp³-hybridized carbons (Fsp3) is 0.615. The van der Waals surface area contributed by atoms with Crippen LogP contribution in [-0.2, 0) is 0 Å². The molecule has 0 atom stereocenters. The van der Waals surface area contributed by atoms with Gasteiger partial charge in [0.25, 0.3) is 0 Å². The van der Waals surface area contributed by atoms with E-state index < -0.39 is 0 Å². The molecule has 0 saturated heterocycles. The Kier molecular flexibility index (Phi) is 3.48. The largest absolute Gasteiger partial charge is 0.367 e.